The van der Waals surface area contributed by atoms with Crippen LogP contribution in [-0.2, 0) is 0 Å². The Hall–Kier alpha value is -0.830. The first kappa shape index (κ1) is 12.2. The quantitative estimate of drug-likeness (QED) is 0.755. The number of nitrogens with two attached hydrogens (primary N) is 1. The summed E-state index contributed by atoms with van der Waals surface area (Å²) in [7, 11) is 0. The summed E-state index contributed by atoms with van der Waals surface area (Å²) in [5, 5.41) is 3.43. The van der Waals surface area contributed by atoms with Crippen LogP contribution in [0.2, 0.25) is 0 Å². The number of benzene rings is 1. The SMILES string of the molecule is CSCCC(C)Nc1ccc(C)cc1N. The van der Waals surface area contributed by atoms with Crippen molar-refractivity contribution in [2.45, 2.75) is 26.3 Å². The molecule has 84 valence electrons. The minimum Gasteiger partial charge on any atom is -0.397 e. The molecule has 0 bridgehead atoms. The van der Waals surface area contributed by atoms with Crippen LogP contribution in [0.15, 0.2) is 18.2 Å². The maximum atomic E-state index is 5.93. The summed E-state index contributed by atoms with van der Waals surface area (Å²) in [6.45, 7) is 4.24. The van der Waals surface area contributed by atoms with Crippen LogP contribution in [0.3, 0.4) is 0 Å². The van der Waals surface area contributed by atoms with Gasteiger partial charge in [0.05, 0.1) is 11.4 Å². The van der Waals surface area contributed by atoms with Gasteiger partial charge in [-0.1, -0.05) is 6.07 Å². The molecule has 0 saturated carbocycles. The Morgan fingerprint density at radius 1 is 1.47 bits per heavy atom. The van der Waals surface area contributed by atoms with Crippen LogP contribution in [0.1, 0.15) is 18.9 Å². The van der Waals surface area contributed by atoms with Gasteiger partial charge in [0.15, 0.2) is 0 Å². The minimum absolute atomic E-state index is 0.474. The van der Waals surface area contributed by atoms with E-state index in [-0.39, 0.29) is 0 Å². The molecule has 1 aromatic carbocycles. The molecule has 1 aromatic rings. The first-order valence-corrected chi connectivity index (χ1v) is 6.64. The largest absolute Gasteiger partial charge is 0.397 e. The van der Waals surface area contributed by atoms with E-state index in [4.69, 9.17) is 5.73 Å². The summed E-state index contributed by atoms with van der Waals surface area (Å²) in [5.74, 6) is 1.18. The van der Waals surface area contributed by atoms with E-state index in [0.29, 0.717) is 6.04 Å². The van der Waals surface area contributed by atoms with Crippen molar-refractivity contribution in [3.8, 4) is 0 Å². The maximum Gasteiger partial charge on any atom is 0.0576 e. The van der Waals surface area contributed by atoms with Crippen molar-refractivity contribution in [3.63, 3.8) is 0 Å². The second-order valence-corrected chi connectivity index (χ2v) is 4.90. The molecular weight excluding hydrogens is 204 g/mol. The molecule has 3 heteroatoms. The standard InChI is InChI=1S/C12H20N2S/c1-9-4-5-12(11(13)8-9)14-10(2)6-7-15-3/h4-5,8,10,14H,6-7,13H2,1-3H3. The molecule has 1 rings (SSSR count). The Morgan fingerprint density at radius 2 is 2.20 bits per heavy atom. The lowest BCUT2D eigenvalue weighted by atomic mass is 10.1. The predicted molar refractivity (Wildman–Crippen MR) is 71.7 cm³/mol. The van der Waals surface area contributed by atoms with E-state index < -0.39 is 0 Å². The van der Waals surface area contributed by atoms with Crippen LogP contribution in [0.25, 0.3) is 0 Å². The van der Waals surface area contributed by atoms with E-state index >= 15 is 0 Å². The third-order valence-electron chi connectivity index (χ3n) is 2.36. The Labute approximate surface area is 96.6 Å². The fraction of sp³-hybridized carbons (Fsp3) is 0.500. The molecule has 0 saturated heterocycles. The zero-order valence-electron chi connectivity index (χ0n) is 9.71. The van der Waals surface area contributed by atoms with Gasteiger partial charge in [-0.3, -0.25) is 0 Å². The summed E-state index contributed by atoms with van der Waals surface area (Å²) in [4.78, 5) is 0. The molecule has 3 N–H and O–H groups in total. The van der Waals surface area contributed by atoms with Crippen LogP contribution >= 0.6 is 11.8 Å². The summed E-state index contributed by atoms with van der Waals surface area (Å²) in [6.07, 6.45) is 3.29. The number of hydrogen-bond acceptors (Lipinski definition) is 3. The lowest BCUT2D eigenvalue weighted by Gasteiger charge is -2.16. The first-order chi connectivity index (χ1) is 7.13. The molecule has 2 nitrogen and oxygen atoms in total. The number of rotatable bonds is 5. The van der Waals surface area contributed by atoms with Crippen molar-refractivity contribution in [2.75, 3.05) is 23.1 Å². The van der Waals surface area contributed by atoms with E-state index in [1.54, 1.807) is 0 Å². The lowest BCUT2D eigenvalue weighted by Crippen LogP contribution is -2.16. The van der Waals surface area contributed by atoms with Crippen LogP contribution in [0.5, 0.6) is 0 Å². The monoisotopic (exact) mass is 224 g/mol. The van der Waals surface area contributed by atoms with Gasteiger partial charge in [0.2, 0.25) is 0 Å². The molecule has 0 amide bonds. The smallest absolute Gasteiger partial charge is 0.0576 e. The highest BCUT2D eigenvalue weighted by Crippen LogP contribution is 2.20. The van der Waals surface area contributed by atoms with Gasteiger partial charge >= 0.3 is 0 Å². The zero-order valence-corrected chi connectivity index (χ0v) is 10.5. The van der Waals surface area contributed by atoms with E-state index in [9.17, 15) is 0 Å². The fourth-order valence-corrected chi connectivity index (χ4v) is 2.04. The van der Waals surface area contributed by atoms with Gasteiger partial charge in [-0.25, -0.2) is 0 Å². The summed E-state index contributed by atoms with van der Waals surface area (Å²) < 4.78 is 0. The second kappa shape index (κ2) is 5.91. The summed E-state index contributed by atoms with van der Waals surface area (Å²) >= 11 is 1.88. The molecule has 0 spiro atoms. The van der Waals surface area contributed by atoms with E-state index in [2.05, 4.69) is 37.6 Å². The highest BCUT2D eigenvalue weighted by Gasteiger charge is 2.04. The number of nitrogen functional groups attached to an aromatic ring is 1. The molecule has 0 aliphatic heterocycles. The van der Waals surface area contributed by atoms with E-state index in [1.807, 2.05) is 17.8 Å². The number of thioether (sulfide) groups is 1. The molecule has 0 aliphatic rings. The molecule has 0 heterocycles. The van der Waals surface area contributed by atoms with Gasteiger partial charge in [-0.05, 0) is 50.0 Å². The third-order valence-corrected chi connectivity index (χ3v) is 3.01. The van der Waals surface area contributed by atoms with Crippen LogP contribution in [0, 0.1) is 6.92 Å². The van der Waals surface area contributed by atoms with Gasteiger partial charge in [0, 0.05) is 6.04 Å². The van der Waals surface area contributed by atoms with Gasteiger partial charge < -0.3 is 11.1 Å². The Bertz CT molecular complexity index is 312. The normalized spacial score (nSPS) is 12.5. The first-order valence-electron chi connectivity index (χ1n) is 5.25. The Kier molecular flexibility index (Phi) is 4.82. The van der Waals surface area contributed by atoms with Crippen molar-refractivity contribution < 1.29 is 0 Å². The van der Waals surface area contributed by atoms with Crippen LogP contribution < -0.4 is 11.1 Å². The topological polar surface area (TPSA) is 38.0 Å². The highest BCUT2D eigenvalue weighted by molar-refractivity contribution is 7.98. The Morgan fingerprint density at radius 3 is 2.80 bits per heavy atom. The van der Waals surface area contributed by atoms with Crippen molar-refractivity contribution in [1.29, 1.82) is 0 Å². The van der Waals surface area contributed by atoms with E-state index in [1.165, 1.54) is 11.3 Å². The van der Waals surface area contributed by atoms with Gasteiger partial charge in [0.25, 0.3) is 0 Å². The molecule has 15 heavy (non-hydrogen) atoms. The molecular formula is C12H20N2S. The van der Waals surface area contributed by atoms with E-state index in [0.717, 1.165) is 17.8 Å². The molecule has 1 unspecified atom stereocenters. The molecule has 0 aromatic heterocycles. The van der Waals surface area contributed by atoms with Crippen LogP contribution in [-0.4, -0.2) is 18.1 Å². The zero-order chi connectivity index (χ0) is 11.3. The van der Waals surface area contributed by atoms with Crippen LogP contribution in [0.4, 0.5) is 11.4 Å². The second-order valence-electron chi connectivity index (χ2n) is 3.92. The Balaban J connectivity index is 2.56. The van der Waals surface area contributed by atoms with Crippen molar-refractivity contribution in [3.05, 3.63) is 23.8 Å². The molecule has 0 radical (unpaired) electrons. The van der Waals surface area contributed by atoms with Gasteiger partial charge in [0.1, 0.15) is 0 Å². The lowest BCUT2D eigenvalue weighted by molar-refractivity contribution is 0.772. The number of hydrogen-bond donors (Lipinski definition) is 2. The number of aryl methyl sites for hydroxylation is 1. The predicted octanol–water partition coefficient (Wildman–Crippen LogP) is 3.13. The average Bonchev–Trinajstić information content (AvgIpc) is 2.19. The number of anilines is 2. The van der Waals surface area contributed by atoms with Crippen molar-refractivity contribution in [1.82, 2.24) is 0 Å². The minimum atomic E-state index is 0.474. The third kappa shape index (κ3) is 4.04. The maximum absolute atomic E-state index is 5.93. The number of nitrogens with one attached hydrogen (secondary N) is 1. The fourth-order valence-electron chi connectivity index (χ4n) is 1.45. The average molecular weight is 224 g/mol. The molecule has 0 fully saturated rings. The summed E-state index contributed by atoms with van der Waals surface area (Å²) in [5.41, 5.74) is 9.02. The highest BCUT2D eigenvalue weighted by atomic mass is 32.2. The van der Waals surface area contributed by atoms with Gasteiger partial charge in [-0.2, -0.15) is 11.8 Å². The van der Waals surface area contributed by atoms with Crippen molar-refractivity contribution in [2.24, 2.45) is 0 Å². The summed E-state index contributed by atoms with van der Waals surface area (Å²) in [6, 6.07) is 6.62. The molecule has 0 aliphatic carbocycles. The van der Waals surface area contributed by atoms with Gasteiger partial charge in [-0.15, -0.1) is 0 Å². The van der Waals surface area contributed by atoms with Crippen molar-refractivity contribution >= 4 is 23.1 Å². The molecule has 1 atom stereocenters.